The molecule has 1 aromatic carbocycles. The summed E-state index contributed by atoms with van der Waals surface area (Å²) in [6.45, 7) is 3.30. The predicted molar refractivity (Wildman–Crippen MR) is 92.4 cm³/mol. The highest BCUT2D eigenvalue weighted by Gasteiger charge is 2.26. The molecule has 24 heavy (non-hydrogen) atoms. The van der Waals surface area contributed by atoms with Gasteiger partial charge in [0.15, 0.2) is 0 Å². The van der Waals surface area contributed by atoms with Gasteiger partial charge in [-0.3, -0.25) is 4.79 Å². The Morgan fingerprint density at radius 2 is 2.04 bits per heavy atom. The van der Waals surface area contributed by atoms with Crippen LogP contribution >= 0.6 is 11.6 Å². The number of carbonyl (C=O) groups is 2. The number of carbonyl (C=O) groups excluding carboxylic acids is 2. The Morgan fingerprint density at radius 3 is 2.71 bits per heavy atom. The fraction of sp³-hybridized carbons (Fsp3) is 0.412. The van der Waals surface area contributed by atoms with Gasteiger partial charge in [0.1, 0.15) is 5.69 Å². The van der Waals surface area contributed by atoms with Crippen LogP contribution in [0.2, 0.25) is 5.02 Å². The molecule has 2 heterocycles. The Morgan fingerprint density at radius 1 is 1.33 bits per heavy atom. The zero-order chi connectivity index (χ0) is 17.1. The highest BCUT2D eigenvalue weighted by Crippen LogP contribution is 2.27. The molecule has 0 saturated carbocycles. The summed E-state index contributed by atoms with van der Waals surface area (Å²) in [7, 11) is 0. The molecule has 0 radical (unpaired) electrons. The van der Waals surface area contributed by atoms with Crippen molar-refractivity contribution in [1.82, 2.24) is 15.2 Å². The third kappa shape index (κ3) is 3.33. The molecule has 1 aliphatic rings. The Bertz CT molecular complexity index is 751. The van der Waals surface area contributed by atoms with Gasteiger partial charge in [-0.05, 0) is 25.8 Å². The zero-order valence-electron chi connectivity index (χ0n) is 13.5. The van der Waals surface area contributed by atoms with E-state index in [-0.39, 0.29) is 18.0 Å². The van der Waals surface area contributed by atoms with E-state index in [0.29, 0.717) is 43.3 Å². The summed E-state index contributed by atoms with van der Waals surface area (Å²) >= 11 is 6.31. The summed E-state index contributed by atoms with van der Waals surface area (Å²) in [5.74, 6) is -0.217. The molecule has 0 spiro atoms. The minimum atomic E-state index is -0.291. The van der Waals surface area contributed by atoms with Crippen LogP contribution in [0.4, 0.5) is 4.79 Å². The van der Waals surface area contributed by atoms with Gasteiger partial charge in [-0.15, -0.1) is 0 Å². The number of benzene rings is 1. The molecular formula is C17H20ClN3O3. The highest BCUT2D eigenvalue weighted by molar-refractivity contribution is 6.38. The van der Waals surface area contributed by atoms with E-state index in [2.05, 4.69) is 10.3 Å². The molecule has 1 fully saturated rings. The van der Waals surface area contributed by atoms with Gasteiger partial charge in [-0.25, -0.2) is 4.79 Å². The van der Waals surface area contributed by atoms with Crippen molar-refractivity contribution in [3.05, 3.63) is 35.0 Å². The number of nitrogens with zero attached hydrogens (tertiary/aromatic N) is 1. The minimum Gasteiger partial charge on any atom is -0.450 e. The number of aromatic amines is 1. The van der Waals surface area contributed by atoms with Gasteiger partial charge in [-0.1, -0.05) is 29.8 Å². The van der Waals surface area contributed by atoms with Crippen molar-refractivity contribution in [2.24, 2.45) is 0 Å². The molecule has 1 saturated heterocycles. The zero-order valence-corrected chi connectivity index (χ0v) is 14.2. The molecule has 3 rings (SSSR count). The number of ether oxygens (including phenoxy) is 1. The van der Waals surface area contributed by atoms with Crippen LogP contribution < -0.4 is 5.32 Å². The first-order valence-corrected chi connectivity index (χ1v) is 8.46. The SMILES string of the molecule is CCOC(=O)N1CCC(NC(=O)c2[nH]c3ccccc3c2Cl)CC1. The number of rotatable bonds is 3. The van der Waals surface area contributed by atoms with Crippen LogP contribution in [0.25, 0.3) is 10.9 Å². The van der Waals surface area contributed by atoms with Gasteiger partial charge >= 0.3 is 6.09 Å². The van der Waals surface area contributed by atoms with E-state index in [1.165, 1.54) is 0 Å². The maximum atomic E-state index is 12.5. The molecule has 2 aromatic rings. The fourth-order valence-corrected chi connectivity index (χ4v) is 3.24. The maximum Gasteiger partial charge on any atom is 0.409 e. The Kier molecular flexibility index (Phi) is 4.94. The topological polar surface area (TPSA) is 74.4 Å². The largest absolute Gasteiger partial charge is 0.450 e. The number of aromatic nitrogens is 1. The number of amides is 2. The molecular weight excluding hydrogens is 330 g/mol. The lowest BCUT2D eigenvalue weighted by molar-refractivity contribution is 0.0857. The lowest BCUT2D eigenvalue weighted by Crippen LogP contribution is -2.46. The molecule has 0 aliphatic carbocycles. The van der Waals surface area contributed by atoms with Gasteiger partial charge < -0.3 is 19.9 Å². The highest BCUT2D eigenvalue weighted by atomic mass is 35.5. The number of nitrogens with one attached hydrogen (secondary N) is 2. The van der Waals surface area contributed by atoms with Crippen LogP contribution in [0.5, 0.6) is 0 Å². The first kappa shape index (κ1) is 16.6. The second kappa shape index (κ2) is 7.13. The standard InChI is InChI=1S/C17H20ClN3O3/c1-2-24-17(23)21-9-7-11(8-10-21)19-16(22)15-14(18)12-5-3-4-6-13(12)20-15/h3-6,11,20H,2,7-10H2,1H3,(H,19,22). The molecule has 1 aromatic heterocycles. The number of H-pyrrole nitrogens is 1. The molecule has 1 aliphatic heterocycles. The second-order valence-electron chi connectivity index (χ2n) is 5.79. The van der Waals surface area contributed by atoms with E-state index in [1.807, 2.05) is 24.3 Å². The Balaban J connectivity index is 1.61. The summed E-state index contributed by atoms with van der Waals surface area (Å²) in [5.41, 5.74) is 1.22. The Hall–Kier alpha value is -2.21. The third-order valence-electron chi connectivity index (χ3n) is 4.23. The number of likely N-dealkylation sites (tertiary alicyclic amines) is 1. The normalized spacial score (nSPS) is 15.5. The van der Waals surface area contributed by atoms with Crippen molar-refractivity contribution in [2.75, 3.05) is 19.7 Å². The number of fused-ring (bicyclic) bond motifs is 1. The minimum absolute atomic E-state index is 0.0191. The van der Waals surface area contributed by atoms with Gasteiger partial charge in [-0.2, -0.15) is 0 Å². The lowest BCUT2D eigenvalue weighted by Gasteiger charge is -2.31. The molecule has 128 valence electrons. The Labute approximate surface area is 145 Å². The number of halogens is 1. The van der Waals surface area contributed by atoms with Gasteiger partial charge in [0.2, 0.25) is 0 Å². The van der Waals surface area contributed by atoms with E-state index >= 15 is 0 Å². The predicted octanol–water partition coefficient (Wildman–Crippen LogP) is 3.17. The average molecular weight is 350 g/mol. The van der Waals surface area contributed by atoms with Crippen LogP contribution in [0.15, 0.2) is 24.3 Å². The van der Waals surface area contributed by atoms with E-state index in [0.717, 1.165) is 10.9 Å². The van der Waals surface area contributed by atoms with Crippen LogP contribution in [0.1, 0.15) is 30.3 Å². The molecule has 6 nitrogen and oxygen atoms in total. The summed E-state index contributed by atoms with van der Waals surface area (Å²) < 4.78 is 4.99. The van der Waals surface area contributed by atoms with Gasteiger partial charge in [0.05, 0.1) is 11.6 Å². The molecule has 2 amide bonds. The first-order valence-electron chi connectivity index (χ1n) is 8.09. The van der Waals surface area contributed by atoms with Crippen LogP contribution in [-0.2, 0) is 4.74 Å². The lowest BCUT2D eigenvalue weighted by atomic mass is 10.1. The van der Waals surface area contributed by atoms with E-state index < -0.39 is 0 Å². The fourth-order valence-electron chi connectivity index (χ4n) is 2.94. The van der Waals surface area contributed by atoms with Gasteiger partial charge in [0, 0.05) is 30.0 Å². The van der Waals surface area contributed by atoms with E-state index in [1.54, 1.807) is 11.8 Å². The monoisotopic (exact) mass is 349 g/mol. The summed E-state index contributed by atoms with van der Waals surface area (Å²) in [5, 5.41) is 4.27. The van der Waals surface area contributed by atoms with Crippen LogP contribution in [0.3, 0.4) is 0 Å². The van der Waals surface area contributed by atoms with Crippen molar-refractivity contribution in [1.29, 1.82) is 0 Å². The van der Waals surface area contributed by atoms with Crippen molar-refractivity contribution in [2.45, 2.75) is 25.8 Å². The van der Waals surface area contributed by atoms with Crippen molar-refractivity contribution < 1.29 is 14.3 Å². The number of hydrogen-bond donors (Lipinski definition) is 2. The summed E-state index contributed by atoms with van der Waals surface area (Å²) in [6, 6.07) is 7.56. The second-order valence-corrected chi connectivity index (χ2v) is 6.17. The number of para-hydroxylation sites is 1. The summed E-state index contributed by atoms with van der Waals surface area (Å²) in [4.78, 5) is 28.9. The van der Waals surface area contributed by atoms with Crippen molar-refractivity contribution in [3.8, 4) is 0 Å². The van der Waals surface area contributed by atoms with E-state index in [9.17, 15) is 9.59 Å². The smallest absolute Gasteiger partial charge is 0.409 e. The number of piperidine rings is 1. The van der Waals surface area contributed by atoms with Gasteiger partial charge in [0.25, 0.3) is 5.91 Å². The summed E-state index contributed by atoms with van der Waals surface area (Å²) in [6.07, 6.45) is 1.10. The van der Waals surface area contributed by atoms with Crippen LogP contribution in [0, 0.1) is 0 Å². The number of hydrogen-bond acceptors (Lipinski definition) is 3. The molecule has 2 N–H and O–H groups in total. The van der Waals surface area contributed by atoms with Crippen LogP contribution in [-0.4, -0.2) is 47.6 Å². The molecule has 0 bridgehead atoms. The van der Waals surface area contributed by atoms with E-state index in [4.69, 9.17) is 16.3 Å². The third-order valence-corrected chi connectivity index (χ3v) is 4.62. The first-order chi connectivity index (χ1) is 11.6. The van der Waals surface area contributed by atoms with Crippen molar-refractivity contribution in [3.63, 3.8) is 0 Å². The molecule has 0 unspecified atom stereocenters. The maximum absolute atomic E-state index is 12.5. The quantitative estimate of drug-likeness (QED) is 0.893. The molecule has 0 atom stereocenters. The molecule has 7 heteroatoms. The average Bonchev–Trinajstić information content (AvgIpc) is 2.93. The van der Waals surface area contributed by atoms with Crippen molar-refractivity contribution >= 4 is 34.5 Å².